The Balaban J connectivity index is 2.12. The number of carbonyl (C=O) groups is 1. The molecule has 0 fully saturated rings. The Labute approximate surface area is 121 Å². The van der Waals surface area contributed by atoms with E-state index in [1.165, 1.54) is 0 Å². The van der Waals surface area contributed by atoms with E-state index in [4.69, 9.17) is 20.9 Å². The summed E-state index contributed by atoms with van der Waals surface area (Å²) in [6, 6.07) is 7.09. The Bertz CT molecular complexity index is 613. The molecule has 1 heterocycles. The fourth-order valence-electron chi connectivity index (χ4n) is 1.59. The van der Waals surface area contributed by atoms with Crippen LogP contribution in [-0.2, 0) is 4.74 Å². The van der Waals surface area contributed by atoms with Crippen LogP contribution in [0.4, 0.5) is 11.6 Å². The monoisotopic (exact) mass is 295 g/mol. The quantitative estimate of drug-likeness (QED) is 0.651. The van der Waals surface area contributed by atoms with E-state index < -0.39 is 5.97 Å². The largest absolute Gasteiger partial charge is 0.462 e. The van der Waals surface area contributed by atoms with Crippen molar-refractivity contribution in [2.75, 3.05) is 17.5 Å². The number of aryl methyl sites for hydroxylation is 1. The van der Waals surface area contributed by atoms with Crippen LogP contribution in [0.15, 0.2) is 28.8 Å². The Morgan fingerprint density at radius 3 is 2.95 bits per heavy atom. The van der Waals surface area contributed by atoms with Crippen molar-refractivity contribution in [1.29, 1.82) is 0 Å². The maximum Gasteiger partial charge on any atom is 0.345 e. The summed E-state index contributed by atoms with van der Waals surface area (Å²) in [7, 11) is 0. The molecule has 0 saturated carbocycles. The van der Waals surface area contributed by atoms with Gasteiger partial charge < -0.3 is 9.26 Å². The number of hydrogen-bond acceptors (Lipinski definition) is 6. The number of nitrogens with one attached hydrogen (secondary N) is 2. The first-order valence-corrected chi connectivity index (χ1v) is 6.40. The number of aromatic nitrogens is 1. The predicted molar refractivity (Wildman–Crippen MR) is 75.9 cm³/mol. The van der Waals surface area contributed by atoms with E-state index >= 15 is 0 Å². The van der Waals surface area contributed by atoms with Gasteiger partial charge in [-0.1, -0.05) is 22.8 Å². The molecule has 0 aliphatic heterocycles. The minimum atomic E-state index is -0.485. The van der Waals surface area contributed by atoms with Crippen molar-refractivity contribution in [1.82, 2.24) is 5.16 Å². The van der Waals surface area contributed by atoms with Crippen LogP contribution in [0.2, 0.25) is 5.02 Å². The number of esters is 1. The Hall–Kier alpha value is -2.21. The summed E-state index contributed by atoms with van der Waals surface area (Å²) in [5.74, 6) is -0.289. The van der Waals surface area contributed by atoms with E-state index in [1.807, 2.05) is 6.07 Å². The molecule has 20 heavy (non-hydrogen) atoms. The van der Waals surface area contributed by atoms with Crippen LogP contribution in [0, 0.1) is 6.92 Å². The molecule has 0 spiro atoms. The zero-order valence-corrected chi connectivity index (χ0v) is 11.8. The fraction of sp³-hybridized carbons (Fsp3) is 0.231. The fourth-order valence-corrected chi connectivity index (χ4v) is 1.78. The van der Waals surface area contributed by atoms with E-state index in [9.17, 15) is 4.79 Å². The summed E-state index contributed by atoms with van der Waals surface area (Å²) < 4.78 is 10.0. The maximum absolute atomic E-state index is 11.8. The molecule has 7 heteroatoms. The lowest BCUT2D eigenvalue weighted by Crippen LogP contribution is -2.13. The summed E-state index contributed by atoms with van der Waals surface area (Å²) in [6.45, 7) is 3.68. The number of ether oxygens (including phenoxy) is 1. The van der Waals surface area contributed by atoms with E-state index in [0.29, 0.717) is 10.7 Å². The van der Waals surface area contributed by atoms with Crippen molar-refractivity contribution in [3.05, 3.63) is 40.5 Å². The van der Waals surface area contributed by atoms with Crippen LogP contribution in [0.3, 0.4) is 0 Å². The molecule has 6 nitrogen and oxygen atoms in total. The number of benzene rings is 1. The number of anilines is 2. The molecule has 0 unspecified atom stereocenters. The second-order valence-corrected chi connectivity index (χ2v) is 4.39. The van der Waals surface area contributed by atoms with E-state index in [2.05, 4.69) is 16.0 Å². The van der Waals surface area contributed by atoms with Crippen LogP contribution in [-0.4, -0.2) is 17.7 Å². The number of carbonyl (C=O) groups excluding carboxylic acids is 1. The smallest absolute Gasteiger partial charge is 0.345 e. The third kappa shape index (κ3) is 3.21. The highest BCUT2D eigenvalue weighted by Gasteiger charge is 2.21. The normalized spacial score (nSPS) is 10.2. The van der Waals surface area contributed by atoms with Gasteiger partial charge in [0.15, 0.2) is 0 Å². The highest BCUT2D eigenvalue weighted by Crippen LogP contribution is 2.21. The van der Waals surface area contributed by atoms with Gasteiger partial charge in [0.25, 0.3) is 5.88 Å². The average molecular weight is 296 g/mol. The first-order chi connectivity index (χ1) is 9.61. The van der Waals surface area contributed by atoms with E-state index in [0.717, 1.165) is 5.69 Å². The molecule has 2 aromatic rings. The van der Waals surface area contributed by atoms with Gasteiger partial charge in [0.2, 0.25) is 0 Å². The summed E-state index contributed by atoms with van der Waals surface area (Å²) in [5, 5.41) is 4.34. The van der Waals surface area contributed by atoms with Gasteiger partial charge in [-0.3, -0.25) is 10.9 Å². The zero-order chi connectivity index (χ0) is 14.5. The molecule has 0 saturated heterocycles. The summed E-state index contributed by atoms with van der Waals surface area (Å²) in [5.41, 5.74) is 7.10. The maximum atomic E-state index is 11.8. The van der Waals surface area contributed by atoms with Gasteiger partial charge in [-0.15, -0.1) is 0 Å². The summed E-state index contributed by atoms with van der Waals surface area (Å²) in [6.07, 6.45) is 0. The molecule has 2 N–H and O–H groups in total. The summed E-state index contributed by atoms with van der Waals surface area (Å²) >= 11 is 5.88. The number of halogens is 1. The summed E-state index contributed by atoms with van der Waals surface area (Å²) in [4.78, 5) is 11.8. The average Bonchev–Trinajstić information content (AvgIpc) is 2.78. The van der Waals surface area contributed by atoms with Crippen molar-refractivity contribution in [3.8, 4) is 0 Å². The lowest BCUT2D eigenvalue weighted by Gasteiger charge is -2.08. The van der Waals surface area contributed by atoms with Crippen LogP contribution in [0.25, 0.3) is 0 Å². The zero-order valence-electron chi connectivity index (χ0n) is 11.1. The predicted octanol–water partition coefficient (Wildman–Crippen LogP) is 3.25. The van der Waals surface area contributed by atoms with Crippen molar-refractivity contribution in [3.63, 3.8) is 0 Å². The molecule has 0 radical (unpaired) electrons. The Morgan fingerprint density at radius 1 is 1.45 bits per heavy atom. The van der Waals surface area contributed by atoms with E-state index in [1.54, 1.807) is 32.0 Å². The molecule has 1 aromatic carbocycles. The second-order valence-electron chi connectivity index (χ2n) is 3.95. The van der Waals surface area contributed by atoms with Crippen LogP contribution < -0.4 is 10.9 Å². The van der Waals surface area contributed by atoms with Crippen molar-refractivity contribution >= 4 is 29.1 Å². The third-order valence-corrected chi connectivity index (χ3v) is 2.72. The molecule has 0 amide bonds. The topological polar surface area (TPSA) is 76.4 Å². The molecule has 106 valence electrons. The third-order valence-electron chi connectivity index (χ3n) is 2.49. The molecule has 1 aromatic heterocycles. The molecule has 0 aliphatic carbocycles. The first-order valence-electron chi connectivity index (χ1n) is 6.02. The first kappa shape index (κ1) is 14.2. The van der Waals surface area contributed by atoms with Gasteiger partial charge in [0.1, 0.15) is 5.56 Å². The lowest BCUT2D eigenvalue weighted by atomic mass is 10.2. The molecular formula is C13H14ClN3O3. The van der Waals surface area contributed by atoms with Crippen LogP contribution in [0.1, 0.15) is 23.0 Å². The van der Waals surface area contributed by atoms with Gasteiger partial charge in [0.05, 0.1) is 18.0 Å². The minimum Gasteiger partial charge on any atom is -0.462 e. The van der Waals surface area contributed by atoms with Crippen LogP contribution in [0.5, 0.6) is 0 Å². The number of hydrogen-bond donors (Lipinski definition) is 2. The SMILES string of the molecule is CCOC(=O)c1c(C)noc1NNc1cccc(Cl)c1. The number of hydrazine groups is 1. The van der Waals surface area contributed by atoms with Gasteiger partial charge in [-0.05, 0) is 32.0 Å². The molecule has 0 bridgehead atoms. The number of rotatable bonds is 5. The molecule has 0 aliphatic rings. The molecular weight excluding hydrogens is 282 g/mol. The van der Waals surface area contributed by atoms with Gasteiger partial charge in [-0.25, -0.2) is 4.79 Å². The molecule has 0 atom stereocenters. The molecule has 2 rings (SSSR count). The highest BCUT2D eigenvalue weighted by atomic mass is 35.5. The van der Waals surface area contributed by atoms with E-state index in [-0.39, 0.29) is 18.1 Å². The van der Waals surface area contributed by atoms with Crippen molar-refractivity contribution in [2.45, 2.75) is 13.8 Å². The minimum absolute atomic E-state index is 0.195. The lowest BCUT2D eigenvalue weighted by molar-refractivity contribution is 0.0526. The van der Waals surface area contributed by atoms with Gasteiger partial charge in [-0.2, -0.15) is 0 Å². The van der Waals surface area contributed by atoms with Gasteiger partial charge in [0, 0.05) is 5.02 Å². The highest BCUT2D eigenvalue weighted by molar-refractivity contribution is 6.30. The second kappa shape index (κ2) is 6.29. The Kier molecular flexibility index (Phi) is 4.47. The standard InChI is InChI=1S/C13H14ClN3O3/c1-3-19-13(18)11-8(2)17-20-12(11)16-15-10-6-4-5-9(14)7-10/h4-7,15-16H,3H2,1-2H3. The Morgan fingerprint density at radius 2 is 2.25 bits per heavy atom. The number of nitrogens with zero attached hydrogens (tertiary/aromatic N) is 1. The van der Waals surface area contributed by atoms with Crippen molar-refractivity contribution in [2.24, 2.45) is 0 Å². The van der Waals surface area contributed by atoms with Crippen molar-refractivity contribution < 1.29 is 14.1 Å². The van der Waals surface area contributed by atoms with Gasteiger partial charge >= 0.3 is 5.97 Å². The van der Waals surface area contributed by atoms with Crippen LogP contribution >= 0.6 is 11.6 Å².